The van der Waals surface area contributed by atoms with Gasteiger partial charge in [0.05, 0.1) is 11.0 Å². The van der Waals surface area contributed by atoms with E-state index in [-0.39, 0.29) is 32.5 Å². The number of fused-ring (bicyclic) bond motifs is 1. The Morgan fingerprint density at radius 3 is 2.44 bits per heavy atom. The monoisotopic (exact) mass is 552 g/mol. The molecule has 10 nitrogen and oxygen atoms in total. The van der Waals surface area contributed by atoms with Crippen molar-refractivity contribution in [3.05, 3.63) is 70.2 Å². The number of aromatic nitrogens is 3. The zero-order valence-electron chi connectivity index (χ0n) is 19.7. The molecule has 0 bridgehead atoms. The maximum atomic E-state index is 13.6. The van der Waals surface area contributed by atoms with Crippen LogP contribution in [0.15, 0.2) is 53.1 Å². The van der Waals surface area contributed by atoms with Crippen LogP contribution in [0.2, 0.25) is 0 Å². The highest BCUT2D eigenvalue weighted by Gasteiger charge is 2.34. The van der Waals surface area contributed by atoms with Crippen LogP contribution in [-0.2, 0) is 0 Å². The van der Waals surface area contributed by atoms with E-state index in [0.29, 0.717) is 16.5 Å². The zero-order valence-corrected chi connectivity index (χ0v) is 20.6. The maximum Gasteiger partial charge on any atom is 0.573 e. The minimum absolute atomic E-state index is 0.0411. The normalized spacial score (nSPS) is 11.5. The van der Waals surface area contributed by atoms with Crippen LogP contribution in [-0.4, -0.2) is 22.4 Å². The van der Waals surface area contributed by atoms with Crippen LogP contribution in [0, 0.1) is 18.3 Å². The van der Waals surface area contributed by atoms with Crippen LogP contribution in [0.4, 0.5) is 24.7 Å². The Bertz CT molecular complexity index is 1790. The van der Waals surface area contributed by atoms with E-state index in [0.717, 1.165) is 45.8 Å². The fourth-order valence-corrected chi connectivity index (χ4v) is 5.02. The Morgan fingerprint density at radius 2 is 1.82 bits per heavy atom. The first-order valence-electron chi connectivity index (χ1n) is 11.0. The average Bonchev–Trinajstić information content (AvgIpc) is 3.42. The van der Waals surface area contributed by atoms with Gasteiger partial charge in [-0.3, -0.25) is 4.79 Å². The van der Waals surface area contributed by atoms with Gasteiger partial charge in [-0.05, 0) is 29.3 Å². The number of carbonyl (C=O) groups is 1. The molecule has 0 aliphatic rings. The summed E-state index contributed by atoms with van der Waals surface area (Å²) in [4.78, 5) is 18.0. The van der Waals surface area contributed by atoms with E-state index in [1.807, 2.05) is 25.1 Å². The van der Waals surface area contributed by atoms with Gasteiger partial charge in [0, 0.05) is 23.1 Å². The number of hydrogen-bond acceptors (Lipinski definition) is 10. The first kappa shape index (κ1) is 25.5. The number of carbonyl (C=O) groups excluding carboxylic acids is 1. The largest absolute Gasteiger partial charge is 0.573 e. The topological polar surface area (TPSA) is 168 Å². The molecule has 0 amide bonds. The summed E-state index contributed by atoms with van der Waals surface area (Å²) in [7, 11) is 0. The van der Waals surface area contributed by atoms with Gasteiger partial charge in [0.1, 0.15) is 32.9 Å². The second-order valence-electron chi connectivity index (χ2n) is 8.24. The predicted molar refractivity (Wildman–Crippen MR) is 131 cm³/mol. The lowest BCUT2D eigenvalue weighted by atomic mass is 9.96. The van der Waals surface area contributed by atoms with Crippen LogP contribution in [0.1, 0.15) is 26.5 Å². The Labute approximate surface area is 221 Å². The standard InChI is InChI=1S/C25H15F3N6O4S/c1-11-2-4-12(5-3-11)16-15(10-29)22(31)32-23-17(16)18(30)21(39-23)20(35)19-24(36)38-33-34(19)13-6-8-14(9-7-13)37-25(26,27)28/h2-9H,1H3,(H4-,30,31,32,33,35,36). The molecule has 14 heteroatoms. The number of alkyl halides is 3. The van der Waals surface area contributed by atoms with Gasteiger partial charge in [-0.25, -0.2) is 4.98 Å². The molecule has 5 rings (SSSR count). The lowest BCUT2D eigenvalue weighted by molar-refractivity contribution is -0.672. The second kappa shape index (κ2) is 9.30. The minimum Gasteiger partial charge on any atom is -0.539 e. The van der Waals surface area contributed by atoms with Gasteiger partial charge in [0.2, 0.25) is 5.69 Å². The Hall–Kier alpha value is -5.16. The molecule has 3 aromatic heterocycles. The molecule has 0 aliphatic carbocycles. The van der Waals surface area contributed by atoms with Crippen LogP contribution in [0.3, 0.4) is 0 Å². The number of ether oxygens (including phenoxy) is 1. The number of rotatable bonds is 5. The number of nitriles is 1. The molecule has 0 unspecified atom stereocenters. The number of anilines is 2. The SMILES string of the molecule is Cc1ccc(-c2c(C#N)c(N)nc3sc(C(=O)c4c([O-])on[n+]4-c4ccc(OC(F)(F)F)cc4)c(N)c23)cc1. The molecule has 196 valence electrons. The molecular formula is C25H15F3N6O4S. The van der Waals surface area contributed by atoms with E-state index >= 15 is 0 Å². The molecule has 0 aliphatic heterocycles. The number of pyridine rings is 1. The molecule has 0 atom stereocenters. The highest BCUT2D eigenvalue weighted by molar-refractivity contribution is 7.21. The number of nitrogens with zero attached hydrogens (tertiary/aromatic N) is 4. The number of hydrogen-bond donors (Lipinski definition) is 2. The first-order chi connectivity index (χ1) is 18.5. The smallest absolute Gasteiger partial charge is 0.539 e. The minimum atomic E-state index is -4.90. The second-order valence-corrected chi connectivity index (χ2v) is 9.24. The van der Waals surface area contributed by atoms with Crippen molar-refractivity contribution < 1.29 is 37.0 Å². The van der Waals surface area contributed by atoms with E-state index in [4.69, 9.17) is 11.5 Å². The van der Waals surface area contributed by atoms with Crippen molar-refractivity contribution in [1.82, 2.24) is 10.3 Å². The van der Waals surface area contributed by atoms with Crippen molar-refractivity contribution in [3.8, 4) is 34.6 Å². The maximum absolute atomic E-state index is 13.6. The molecule has 2 aromatic carbocycles. The summed E-state index contributed by atoms with van der Waals surface area (Å²) in [6.45, 7) is 1.90. The van der Waals surface area contributed by atoms with Crippen molar-refractivity contribution in [1.29, 1.82) is 5.26 Å². The molecule has 0 saturated carbocycles. The Balaban J connectivity index is 1.64. The third-order valence-corrected chi connectivity index (χ3v) is 6.80. The number of ketones is 1. The number of thiophene rings is 1. The molecular weight excluding hydrogens is 537 g/mol. The number of nitrogen functional groups attached to an aromatic ring is 2. The van der Waals surface area contributed by atoms with Crippen molar-refractivity contribution in [2.24, 2.45) is 0 Å². The summed E-state index contributed by atoms with van der Waals surface area (Å²) in [5.74, 6) is -2.55. The van der Waals surface area contributed by atoms with Gasteiger partial charge in [-0.1, -0.05) is 29.8 Å². The first-order valence-corrected chi connectivity index (χ1v) is 11.8. The van der Waals surface area contributed by atoms with E-state index in [2.05, 4.69) is 19.5 Å². The number of nitrogens with two attached hydrogens (primary N) is 2. The van der Waals surface area contributed by atoms with Crippen LogP contribution < -0.4 is 26.0 Å². The van der Waals surface area contributed by atoms with Crippen molar-refractivity contribution in [2.45, 2.75) is 13.3 Å². The highest BCUT2D eigenvalue weighted by atomic mass is 32.1. The number of benzene rings is 2. The summed E-state index contributed by atoms with van der Waals surface area (Å²) >= 11 is 0.855. The Morgan fingerprint density at radius 1 is 1.15 bits per heavy atom. The van der Waals surface area contributed by atoms with Crippen molar-refractivity contribution >= 4 is 38.8 Å². The van der Waals surface area contributed by atoms with E-state index in [1.165, 1.54) is 0 Å². The summed E-state index contributed by atoms with van der Waals surface area (Å²) in [5.41, 5.74) is 14.0. The zero-order chi connectivity index (χ0) is 28.1. The fourth-order valence-electron chi connectivity index (χ4n) is 3.97. The highest BCUT2D eigenvalue weighted by Crippen LogP contribution is 2.43. The Kier molecular flexibility index (Phi) is 6.08. The molecule has 4 N–H and O–H groups in total. The third kappa shape index (κ3) is 4.55. The quantitative estimate of drug-likeness (QED) is 0.243. The summed E-state index contributed by atoms with van der Waals surface area (Å²) in [6, 6.07) is 13.6. The lowest BCUT2D eigenvalue weighted by Crippen LogP contribution is -2.39. The van der Waals surface area contributed by atoms with E-state index in [9.17, 15) is 28.3 Å². The van der Waals surface area contributed by atoms with Gasteiger partial charge in [0.15, 0.2) is 5.95 Å². The van der Waals surface area contributed by atoms with E-state index in [1.54, 1.807) is 12.1 Å². The molecule has 0 fully saturated rings. The summed E-state index contributed by atoms with van der Waals surface area (Å²) in [6.07, 6.45) is -4.90. The molecule has 39 heavy (non-hydrogen) atoms. The molecule has 5 aromatic rings. The third-order valence-electron chi connectivity index (χ3n) is 5.70. The van der Waals surface area contributed by atoms with Crippen molar-refractivity contribution in [2.75, 3.05) is 11.5 Å². The average molecular weight is 552 g/mol. The van der Waals surface area contributed by atoms with Gasteiger partial charge in [-0.2, -0.15) is 5.26 Å². The predicted octanol–water partition coefficient (Wildman–Crippen LogP) is 3.78. The summed E-state index contributed by atoms with van der Waals surface area (Å²) in [5, 5.41) is 26.2. The van der Waals surface area contributed by atoms with Crippen LogP contribution >= 0.6 is 11.3 Å². The van der Waals surface area contributed by atoms with Gasteiger partial charge >= 0.3 is 12.1 Å². The lowest BCUT2D eigenvalue weighted by Gasteiger charge is -2.10. The molecule has 0 spiro atoms. The molecule has 0 saturated heterocycles. The fraction of sp³-hybridized carbons (Fsp3) is 0.0800. The number of aryl methyl sites for hydroxylation is 1. The molecule has 3 heterocycles. The van der Waals surface area contributed by atoms with Crippen molar-refractivity contribution in [3.63, 3.8) is 0 Å². The van der Waals surface area contributed by atoms with E-state index < -0.39 is 29.5 Å². The van der Waals surface area contributed by atoms with Gasteiger partial charge in [0.25, 0.3) is 5.78 Å². The van der Waals surface area contributed by atoms with Gasteiger partial charge in [-0.15, -0.1) is 24.5 Å². The summed E-state index contributed by atoms with van der Waals surface area (Å²) < 4.78 is 46.9. The number of halogens is 3. The van der Waals surface area contributed by atoms with Gasteiger partial charge < -0.3 is 25.8 Å². The van der Waals surface area contributed by atoms with Crippen LogP contribution in [0.25, 0.3) is 27.0 Å². The molecule has 0 radical (unpaired) electrons. The van der Waals surface area contributed by atoms with Crippen LogP contribution in [0.5, 0.6) is 11.7 Å².